The molecule has 3 N–H and O–H groups in total. The molecule has 27 heavy (non-hydrogen) atoms. The summed E-state index contributed by atoms with van der Waals surface area (Å²) in [6.45, 7) is 4.07. The van der Waals surface area contributed by atoms with Gasteiger partial charge < -0.3 is 20.7 Å². The number of nitrogens with one attached hydrogen (secondary N) is 3. The molecule has 1 fully saturated rings. The van der Waals surface area contributed by atoms with Gasteiger partial charge in [0.1, 0.15) is 0 Å². The number of rotatable bonds is 4. The quantitative estimate of drug-likeness (QED) is 0.639. The molecule has 3 rings (SSSR count). The Labute approximate surface area is 163 Å². The van der Waals surface area contributed by atoms with Crippen LogP contribution >= 0.6 is 11.6 Å². The fourth-order valence-electron chi connectivity index (χ4n) is 3.00. The molecule has 1 atom stereocenters. The summed E-state index contributed by atoms with van der Waals surface area (Å²) in [4.78, 5) is 24.1. The first-order valence-corrected chi connectivity index (χ1v) is 9.07. The summed E-state index contributed by atoms with van der Waals surface area (Å²) < 4.78 is 5.40. The number of hydrogen-bond acceptors (Lipinski definition) is 4. The molecule has 6 nitrogen and oxygen atoms in total. The van der Waals surface area contributed by atoms with Crippen molar-refractivity contribution in [3.8, 4) is 0 Å². The van der Waals surface area contributed by atoms with Crippen LogP contribution in [0.5, 0.6) is 0 Å². The Kier molecular flexibility index (Phi) is 5.56. The van der Waals surface area contributed by atoms with Crippen molar-refractivity contribution >= 4 is 40.7 Å². The number of amides is 2. The predicted octanol–water partition coefficient (Wildman–Crippen LogP) is 5.09. The van der Waals surface area contributed by atoms with Crippen LogP contribution < -0.4 is 16.0 Å². The van der Waals surface area contributed by atoms with Crippen molar-refractivity contribution in [2.45, 2.75) is 32.9 Å². The fourth-order valence-corrected chi connectivity index (χ4v) is 3.12. The van der Waals surface area contributed by atoms with E-state index in [0.29, 0.717) is 34.9 Å². The number of anilines is 3. The zero-order chi connectivity index (χ0) is 19.4. The first kappa shape index (κ1) is 19.0. The van der Waals surface area contributed by atoms with Gasteiger partial charge in [-0.25, -0.2) is 4.79 Å². The van der Waals surface area contributed by atoms with Crippen LogP contribution in [0.15, 0.2) is 48.5 Å². The minimum absolute atomic E-state index is 0.138. The molecule has 142 valence electrons. The summed E-state index contributed by atoms with van der Waals surface area (Å²) in [6, 6.07) is 13.7. The van der Waals surface area contributed by atoms with Crippen molar-refractivity contribution in [1.82, 2.24) is 0 Å². The molecular weight excluding hydrogens is 366 g/mol. The summed E-state index contributed by atoms with van der Waals surface area (Å²) in [5, 5.41) is 9.36. The molecule has 0 bridgehead atoms. The Morgan fingerprint density at radius 3 is 2.41 bits per heavy atom. The minimum atomic E-state index is -0.441. The van der Waals surface area contributed by atoms with E-state index in [1.54, 1.807) is 30.3 Å². The van der Waals surface area contributed by atoms with Gasteiger partial charge in [0.15, 0.2) is 6.23 Å². The van der Waals surface area contributed by atoms with Gasteiger partial charge >= 0.3 is 12.0 Å². The van der Waals surface area contributed by atoms with Crippen molar-refractivity contribution in [2.75, 3.05) is 16.0 Å². The Morgan fingerprint density at radius 2 is 1.74 bits per heavy atom. The molecule has 0 spiro atoms. The minimum Gasteiger partial charge on any atom is -0.442 e. The number of halogens is 1. The average molecular weight is 388 g/mol. The monoisotopic (exact) mass is 387 g/mol. The molecule has 1 aliphatic rings. The van der Waals surface area contributed by atoms with E-state index < -0.39 is 6.23 Å². The van der Waals surface area contributed by atoms with E-state index in [4.69, 9.17) is 16.3 Å². The number of carbonyl (C=O) groups excluding carboxylic acids is 2. The number of hydrogen-bond donors (Lipinski definition) is 3. The van der Waals surface area contributed by atoms with E-state index in [1.807, 2.05) is 32.0 Å². The largest absolute Gasteiger partial charge is 0.442 e. The third-order valence-electron chi connectivity index (χ3n) is 4.23. The molecule has 0 aromatic heterocycles. The lowest BCUT2D eigenvalue weighted by atomic mass is 9.83. The van der Waals surface area contributed by atoms with Crippen LogP contribution in [0.4, 0.5) is 21.9 Å². The Morgan fingerprint density at radius 1 is 1.07 bits per heavy atom. The highest BCUT2D eigenvalue weighted by atomic mass is 35.5. The van der Waals surface area contributed by atoms with Crippen LogP contribution in [0.1, 0.15) is 26.7 Å². The molecule has 2 aromatic rings. The van der Waals surface area contributed by atoms with Crippen molar-refractivity contribution in [1.29, 1.82) is 0 Å². The highest BCUT2D eigenvalue weighted by Crippen LogP contribution is 2.34. The van der Waals surface area contributed by atoms with Crippen molar-refractivity contribution in [3.05, 3.63) is 53.6 Å². The molecule has 1 saturated heterocycles. The van der Waals surface area contributed by atoms with Crippen LogP contribution in [0, 0.1) is 5.41 Å². The number of benzene rings is 2. The molecule has 0 aliphatic carbocycles. The van der Waals surface area contributed by atoms with Gasteiger partial charge in [-0.2, -0.15) is 0 Å². The van der Waals surface area contributed by atoms with Crippen LogP contribution in [0.25, 0.3) is 0 Å². The van der Waals surface area contributed by atoms with E-state index in [9.17, 15) is 9.59 Å². The lowest BCUT2D eigenvalue weighted by Crippen LogP contribution is -2.39. The highest BCUT2D eigenvalue weighted by molar-refractivity contribution is 6.30. The Balaban J connectivity index is 1.67. The van der Waals surface area contributed by atoms with Gasteiger partial charge in [-0.1, -0.05) is 37.6 Å². The van der Waals surface area contributed by atoms with Gasteiger partial charge in [-0.3, -0.25) is 4.79 Å². The maximum atomic E-state index is 12.3. The fraction of sp³-hybridized carbons (Fsp3) is 0.300. The number of urea groups is 1. The van der Waals surface area contributed by atoms with Crippen molar-refractivity contribution < 1.29 is 14.3 Å². The predicted molar refractivity (Wildman–Crippen MR) is 107 cm³/mol. The van der Waals surface area contributed by atoms with Gasteiger partial charge in [0.05, 0.1) is 17.8 Å². The van der Waals surface area contributed by atoms with E-state index in [0.717, 1.165) is 0 Å². The molecule has 1 aliphatic heterocycles. The molecule has 2 amide bonds. The summed E-state index contributed by atoms with van der Waals surface area (Å²) in [7, 11) is 0. The molecule has 0 saturated carbocycles. The number of carbonyl (C=O) groups is 2. The zero-order valence-electron chi connectivity index (χ0n) is 15.2. The first-order chi connectivity index (χ1) is 12.8. The second kappa shape index (κ2) is 7.88. The smallest absolute Gasteiger partial charge is 0.323 e. The topological polar surface area (TPSA) is 79.5 Å². The van der Waals surface area contributed by atoms with E-state index >= 15 is 0 Å². The van der Waals surface area contributed by atoms with Gasteiger partial charge in [0.25, 0.3) is 0 Å². The number of para-hydroxylation sites is 2. The van der Waals surface area contributed by atoms with Crippen LogP contribution in [-0.4, -0.2) is 18.2 Å². The van der Waals surface area contributed by atoms with Gasteiger partial charge in [-0.15, -0.1) is 0 Å². The van der Waals surface area contributed by atoms with Gasteiger partial charge in [0, 0.05) is 17.1 Å². The zero-order valence-corrected chi connectivity index (χ0v) is 16.0. The second-order valence-electron chi connectivity index (χ2n) is 7.30. The molecule has 2 aromatic carbocycles. The summed E-state index contributed by atoms with van der Waals surface area (Å²) in [5.41, 5.74) is 1.76. The molecule has 7 heteroatoms. The van der Waals surface area contributed by atoms with Crippen molar-refractivity contribution in [3.63, 3.8) is 0 Å². The molecule has 1 heterocycles. The van der Waals surface area contributed by atoms with Crippen LogP contribution in [-0.2, 0) is 9.53 Å². The molecule has 1 unspecified atom stereocenters. The SMILES string of the molecule is CC1(C)CC(=O)OC(Nc2ccccc2NC(=O)Nc2ccc(Cl)cc2)C1. The van der Waals surface area contributed by atoms with Crippen molar-refractivity contribution in [2.24, 2.45) is 5.41 Å². The third-order valence-corrected chi connectivity index (χ3v) is 4.48. The lowest BCUT2D eigenvalue weighted by Gasteiger charge is -2.35. The number of ether oxygens (including phenoxy) is 1. The summed E-state index contributed by atoms with van der Waals surface area (Å²) in [6.07, 6.45) is 0.641. The second-order valence-corrected chi connectivity index (χ2v) is 7.74. The Bertz CT molecular complexity index is 837. The van der Waals surface area contributed by atoms with Crippen LogP contribution in [0.3, 0.4) is 0 Å². The summed E-state index contributed by atoms with van der Waals surface area (Å²) in [5.74, 6) is -0.227. The standard InChI is InChI=1S/C20H22ClN3O3/c1-20(2)11-17(27-18(25)12-20)23-15-5-3-4-6-16(15)24-19(26)22-14-9-7-13(21)8-10-14/h3-10,17,23H,11-12H2,1-2H3,(H2,22,24,26). The first-order valence-electron chi connectivity index (χ1n) is 8.69. The maximum Gasteiger partial charge on any atom is 0.323 e. The number of esters is 1. The van der Waals surface area contributed by atoms with Crippen LogP contribution in [0.2, 0.25) is 5.02 Å². The lowest BCUT2D eigenvalue weighted by molar-refractivity contribution is -0.158. The number of cyclic esters (lactones) is 1. The highest BCUT2D eigenvalue weighted by Gasteiger charge is 2.34. The maximum absolute atomic E-state index is 12.3. The molecule has 0 radical (unpaired) electrons. The third kappa shape index (κ3) is 5.37. The van der Waals surface area contributed by atoms with E-state index in [1.165, 1.54) is 0 Å². The van der Waals surface area contributed by atoms with Gasteiger partial charge in [-0.05, 0) is 41.8 Å². The van der Waals surface area contributed by atoms with E-state index in [-0.39, 0.29) is 17.4 Å². The van der Waals surface area contributed by atoms with Gasteiger partial charge in [0.2, 0.25) is 0 Å². The summed E-state index contributed by atoms with van der Waals surface area (Å²) >= 11 is 5.85. The molecular formula is C20H22ClN3O3. The normalized spacial score (nSPS) is 18.3. The van der Waals surface area contributed by atoms with E-state index in [2.05, 4.69) is 16.0 Å². The average Bonchev–Trinajstić information content (AvgIpc) is 2.57. The Hall–Kier alpha value is -2.73.